The Balaban J connectivity index is 1.61. The normalized spacial score (nSPS) is 21.0. The van der Waals surface area contributed by atoms with Crippen LogP contribution in [-0.4, -0.2) is 24.3 Å². The summed E-state index contributed by atoms with van der Waals surface area (Å²) in [5, 5.41) is 9.01. The van der Waals surface area contributed by atoms with E-state index in [1.54, 1.807) is 0 Å². The van der Waals surface area contributed by atoms with Crippen LogP contribution in [0.2, 0.25) is 0 Å². The van der Waals surface area contributed by atoms with Crippen LogP contribution in [0, 0.1) is 3.57 Å². The third-order valence-corrected chi connectivity index (χ3v) is 4.93. The van der Waals surface area contributed by atoms with Crippen LogP contribution in [0.15, 0.2) is 36.4 Å². The third-order valence-electron chi connectivity index (χ3n) is 4.26. The van der Waals surface area contributed by atoms with Crippen molar-refractivity contribution in [3.8, 4) is 17.2 Å². The average Bonchev–Trinajstić information content (AvgIpc) is 2.93. The maximum absolute atomic E-state index is 11.0. The molecule has 0 aromatic heterocycles. The van der Waals surface area contributed by atoms with Crippen molar-refractivity contribution in [2.75, 3.05) is 13.2 Å². The zero-order valence-electron chi connectivity index (χ0n) is 12.7. The predicted molar refractivity (Wildman–Crippen MR) is 95.0 cm³/mol. The van der Waals surface area contributed by atoms with Crippen LogP contribution in [0.4, 0.5) is 0 Å². The van der Waals surface area contributed by atoms with E-state index >= 15 is 0 Å². The molecule has 2 aliphatic heterocycles. The topological polar surface area (TPSA) is 65.0 Å². The monoisotopic (exact) mass is 438 g/mol. The van der Waals surface area contributed by atoms with Crippen LogP contribution in [0.5, 0.6) is 17.2 Å². The van der Waals surface area contributed by atoms with E-state index in [1.165, 1.54) is 0 Å². The average molecular weight is 438 g/mol. The molecule has 2 heterocycles. The summed E-state index contributed by atoms with van der Waals surface area (Å²) in [5.74, 6) is 1.01. The summed E-state index contributed by atoms with van der Waals surface area (Å²) >= 11 is 2.27. The highest BCUT2D eigenvalue weighted by Crippen LogP contribution is 2.46. The highest BCUT2D eigenvalue weighted by atomic mass is 127. The molecule has 2 aromatic carbocycles. The fourth-order valence-electron chi connectivity index (χ4n) is 3.09. The van der Waals surface area contributed by atoms with Crippen molar-refractivity contribution in [1.82, 2.24) is 0 Å². The van der Waals surface area contributed by atoms with Gasteiger partial charge in [0.15, 0.2) is 17.6 Å². The molecule has 6 heteroatoms. The first-order chi connectivity index (χ1) is 11.6. The lowest BCUT2D eigenvalue weighted by molar-refractivity contribution is -0.137. The molecule has 0 bridgehead atoms. The van der Waals surface area contributed by atoms with E-state index in [2.05, 4.69) is 28.7 Å². The van der Waals surface area contributed by atoms with Crippen molar-refractivity contribution in [3.05, 3.63) is 51.1 Å². The Kier molecular flexibility index (Phi) is 3.99. The molecule has 0 saturated carbocycles. The Morgan fingerprint density at radius 1 is 1.12 bits per heavy atom. The molecule has 0 fully saturated rings. The SMILES string of the molecule is O=C(O)C[C@H]1COc2cc3c(cc21)OCC(c1cccc(I)c1)O3. The van der Waals surface area contributed by atoms with Gasteiger partial charge in [-0.2, -0.15) is 0 Å². The number of carboxylic acid groups (broad SMARTS) is 1. The molecule has 124 valence electrons. The molecule has 0 aliphatic carbocycles. The third kappa shape index (κ3) is 2.90. The first kappa shape index (κ1) is 15.6. The molecule has 0 amide bonds. The zero-order valence-corrected chi connectivity index (χ0v) is 14.9. The first-order valence-corrected chi connectivity index (χ1v) is 8.75. The van der Waals surface area contributed by atoms with Gasteiger partial charge in [0, 0.05) is 21.1 Å². The molecule has 2 aromatic rings. The molecular weight excluding hydrogens is 423 g/mol. The van der Waals surface area contributed by atoms with Crippen molar-refractivity contribution >= 4 is 28.6 Å². The van der Waals surface area contributed by atoms with Crippen molar-refractivity contribution in [3.63, 3.8) is 0 Å². The minimum Gasteiger partial charge on any atom is -0.492 e. The molecule has 4 rings (SSSR count). The van der Waals surface area contributed by atoms with Gasteiger partial charge in [-0.25, -0.2) is 0 Å². The summed E-state index contributed by atoms with van der Waals surface area (Å²) in [5.41, 5.74) is 1.95. The molecule has 1 N–H and O–H groups in total. The number of fused-ring (bicyclic) bond motifs is 2. The van der Waals surface area contributed by atoms with Crippen LogP contribution in [0.25, 0.3) is 0 Å². The highest BCUT2D eigenvalue weighted by molar-refractivity contribution is 14.1. The number of halogens is 1. The molecule has 2 atom stereocenters. The second-order valence-electron chi connectivity index (χ2n) is 5.92. The smallest absolute Gasteiger partial charge is 0.304 e. The number of aliphatic carboxylic acids is 1. The summed E-state index contributed by atoms with van der Waals surface area (Å²) in [6, 6.07) is 11.8. The van der Waals surface area contributed by atoms with Crippen molar-refractivity contribution in [2.45, 2.75) is 18.4 Å². The Labute approximate surface area is 152 Å². The zero-order chi connectivity index (χ0) is 16.7. The molecule has 0 radical (unpaired) electrons. The number of hydrogen-bond acceptors (Lipinski definition) is 4. The lowest BCUT2D eigenvalue weighted by Gasteiger charge is -2.27. The van der Waals surface area contributed by atoms with Crippen LogP contribution < -0.4 is 14.2 Å². The molecule has 1 unspecified atom stereocenters. The van der Waals surface area contributed by atoms with E-state index in [-0.39, 0.29) is 18.4 Å². The fourth-order valence-corrected chi connectivity index (χ4v) is 3.66. The highest BCUT2D eigenvalue weighted by Gasteiger charge is 2.31. The second kappa shape index (κ2) is 6.16. The van der Waals surface area contributed by atoms with Crippen LogP contribution >= 0.6 is 22.6 Å². The van der Waals surface area contributed by atoms with E-state index in [9.17, 15) is 4.79 Å². The van der Waals surface area contributed by atoms with E-state index in [4.69, 9.17) is 19.3 Å². The minimum absolute atomic E-state index is 0.0533. The number of ether oxygens (including phenoxy) is 3. The van der Waals surface area contributed by atoms with Gasteiger partial charge in [-0.15, -0.1) is 0 Å². The Morgan fingerprint density at radius 3 is 2.75 bits per heavy atom. The van der Waals surface area contributed by atoms with Crippen LogP contribution in [0.1, 0.15) is 29.6 Å². The fraction of sp³-hybridized carbons (Fsp3) is 0.278. The van der Waals surface area contributed by atoms with Gasteiger partial charge in [-0.05, 0) is 46.4 Å². The lowest BCUT2D eigenvalue weighted by atomic mass is 9.97. The predicted octanol–water partition coefficient (Wildman–Crippen LogP) is 3.75. The van der Waals surface area contributed by atoms with Gasteiger partial charge in [0.05, 0.1) is 13.0 Å². The van der Waals surface area contributed by atoms with Gasteiger partial charge >= 0.3 is 5.97 Å². The van der Waals surface area contributed by atoms with Gasteiger partial charge in [0.2, 0.25) is 0 Å². The maximum Gasteiger partial charge on any atom is 0.304 e. The summed E-state index contributed by atoms with van der Waals surface area (Å²) in [7, 11) is 0. The minimum atomic E-state index is -0.829. The summed E-state index contributed by atoms with van der Waals surface area (Å²) in [4.78, 5) is 11.0. The van der Waals surface area contributed by atoms with E-state index in [1.807, 2.05) is 30.3 Å². The van der Waals surface area contributed by atoms with Crippen LogP contribution in [-0.2, 0) is 4.79 Å². The second-order valence-corrected chi connectivity index (χ2v) is 7.16. The van der Waals surface area contributed by atoms with Crippen LogP contribution in [0.3, 0.4) is 0 Å². The molecule has 2 aliphatic rings. The van der Waals surface area contributed by atoms with E-state index in [0.717, 1.165) is 14.7 Å². The van der Waals surface area contributed by atoms with Crippen molar-refractivity contribution in [2.24, 2.45) is 0 Å². The largest absolute Gasteiger partial charge is 0.492 e. The van der Waals surface area contributed by atoms with Crippen molar-refractivity contribution < 1.29 is 24.1 Å². The maximum atomic E-state index is 11.0. The van der Waals surface area contributed by atoms with Gasteiger partial charge in [-0.3, -0.25) is 4.79 Å². The standard InChI is InChI=1S/C18H15IO5/c19-12-3-1-2-10(4-12)17-9-23-15-6-13-11(5-18(20)21)8-22-14(13)7-16(15)24-17/h1-4,6-7,11,17H,5,8-9H2,(H,20,21)/t11-,17?/m0/s1. The number of carbonyl (C=O) groups is 1. The van der Waals surface area contributed by atoms with E-state index in [0.29, 0.717) is 30.5 Å². The van der Waals surface area contributed by atoms with Gasteiger partial charge in [0.1, 0.15) is 12.4 Å². The van der Waals surface area contributed by atoms with Crippen molar-refractivity contribution in [1.29, 1.82) is 0 Å². The Bertz CT molecular complexity index is 804. The number of benzene rings is 2. The molecule has 0 spiro atoms. The lowest BCUT2D eigenvalue weighted by Crippen LogP contribution is -2.21. The summed E-state index contributed by atoms with van der Waals surface area (Å²) in [6.45, 7) is 0.807. The van der Waals surface area contributed by atoms with Gasteiger partial charge in [0.25, 0.3) is 0 Å². The molecular formula is C18H15IO5. The van der Waals surface area contributed by atoms with Gasteiger partial charge in [-0.1, -0.05) is 12.1 Å². The summed E-state index contributed by atoms with van der Waals surface area (Å²) < 4.78 is 18.8. The van der Waals surface area contributed by atoms with E-state index < -0.39 is 5.97 Å². The number of carboxylic acids is 1. The molecule has 5 nitrogen and oxygen atoms in total. The number of rotatable bonds is 3. The molecule has 0 saturated heterocycles. The number of hydrogen-bond donors (Lipinski definition) is 1. The Morgan fingerprint density at radius 2 is 1.96 bits per heavy atom. The van der Waals surface area contributed by atoms with Gasteiger partial charge < -0.3 is 19.3 Å². The first-order valence-electron chi connectivity index (χ1n) is 7.67. The molecule has 24 heavy (non-hydrogen) atoms. The Hall–Kier alpha value is -1.96. The summed E-state index contributed by atoms with van der Waals surface area (Å²) in [6.07, 6.45) is -0.112. The quantitative estimate of drug-likeness (QED) is 0.740.